The molecule has 1 aromatic rings. The van der Waals surface area contributed by atoms with Crippen molar-refractivity contribution in [2.45, 2.75) is 53.2 Å². The Hall–Kier alpha value is -1.84. The Morgan fingerprint density at radius 1 is 1.14 bits per heavy atom. The number of ether oxygens (including phenoxy) is 1. The van der Waals surface area contributed by atoms with Gasteiger partial charge in [0.2, 0.25) is 0 Å². The molecule has 0 saturated carbocycles. The van der Waals surface area contributed by atoms with Gasteiger partial charge >= 0.3 is 6.09 Å². The third kappa shape index (κ3) is 4.31. The van der Waals surface area contributed by atoms with Crippen molar-refractivity contribution in [3.63, 3.8) is 0 Å². The van der Waals surface area contributed by atoms with E-state index in [-0.39, 0.29) is 0 Å². The Balaban J connectivity index is 3.11. The van der Waals surface area contributed by atoms with E-state index in [2.05, 4.69) is 0 Å². The number of likely N-dealkylation sites (N-methyl/N-ethyl adjacent to an activating group) is 1. The maximum absolute atomic E-state index is 12.1. The first-order chi connectivity index (χ1) is 9.56. The highest BCUT2D eigenvalue weighted by Gasteiger charge is 2.27. The molecule has 0 heterocycles. The zero-order valence-corrected chi connectivity index (χ0v) is 14.0. The molecular weight excluding hydrogens is 266 g/mol. The molecule has 0 saturated heterocycles. The van der Waals surface area contributed by atoms with Crippen molar-refractivity contribution in [1.82, 2.24) is 4.90 Å². The molecule has 1 rings (SSSR count). The zero-order chi connectivity index (χ0) is 16.4. The van der Waals surface area contributed by atoms with E-state index in [0.717, 1.165) is 23.0 Å². The fraction of sp³-hybridized carbons (Fsp3) is 0.529. The Morgan fingerprint density at radius 3 is 2.14 bits per heavy atom. The van der Waals surface area contributed by atoms with Gasteiger partial charge in [-0.25, -0.2) is 4.79 Å². The Bertz CT molecular complexity index is 544. The molecule has 1 aromatic carbocycles. The number of carbonyl (C=O) groups excluding carboxylic acids is 2. The van der Waals surface area contributed by atoms with Crippen LogP contribution in [0.5, 0.6) is 0 Å². The van der Waals surface area contributed by atoms with E-state index in [0.29, 0.717) is 0 Å². The highest BCUT2D eigenvalue weighted by Crippen LogP contribution is 2.25. The average Bonchev–Trinajstić information content (AvgIpc) is 2.34. The second-order valence-corrected chi connectivity index (χ2v) is 6.47. The smallest absolute Gasteiger partial charge is 0.410 e. The van der Waals surface area contributed by atoms with Gasteiger partial charge in [0.1, 0.15) is 17.9 Å². The van der Waals surface area contributed by atoms with Crippen molar-refractivity contribution >= 4 is 12.4 Å². The van der Waals surface area contributed by atoms with Crippen LogP contribution in [0, 0.1) is 20.8 Å². The van der Waals surface area contributed by atoms with E-state index < -0.39 is 17.7 Å². The normalized spacial score (nSPS) is 12.7. The molecule has 0 aliphatic rings. The van der Waals surface area contributed by atoms with Crippen LogP contribution in [0.1, 0.15) is 49.1 Å². The predicted molar refractivity (Wildman–Crippen MR) is 83.5 cm³/mol. The minimum absolute atomic E-state index is 0.503. The lowest BCUT2D eigenvalue weighted by molar-refractivity contribution is -0.112. The van der Waals surface area contributed by atoms with Gasteiger partial charge in [0, 0.05) is 7.05 Å². The van der Waals surface area contributed by atoms with Crippen LogP contribution >= 0.6 is 0 Å². The van der Waals surface area contributed by atoms with Crippen LogP contribution in [0.25, 0.3) is 0 Å². The van der Waals surface area contributed by atoms with E-state index >= 15 is 0 Å². The first-order valence-corrected chi connectivity index (χ1v) is 7.05. The van der Waals surface area contributed by atoms with Gasteiger partial charge < -0.3 is 9.53 Å². The van der Waals surface area contributed by atoms with Crippen molar-refractivity contribution in [3.8, 4) is 0 Å². The maximum Gasteiger partial charge on any atom is 0.410 e. The van der Waals surface area contributed by atoms with E-state index in [1.165, 1.54) is 10.5 Å². The van der Waals surface area contributed by atoms with E-state index in [1.807, 2.05) is 32.9 Å². The molecule has 116 valence electrons. The lowest BCUT2D eigenvalue weighted by Crippen LogP contribution is -2.37. The monoisotopic (exact) mass is 291 g/mol. The third-order valence-corrected chi connectivity index (χ3v) is 3.43. The highest BCUT2D eigenvalue weighted by molar-refractivity contribution is 5.75. The summed E-state index contributed by atoms with van der Waals surface area (Å²) in [5.41, 5.74) is 3.50. The van der Waals surface area contributed by atoms with Crippen LogP contribution < -0.4 is 0 Å². The lowest BCUT2D eigenvalue weighted by atomic mass is 9.96. The minimum atomic E-state index is -0.640. The van der Waals surface area contributed by atoms with Crippen molar-refractivity contribution in [2.75, 3.05) is 7.05 Å². The van der Waals surface area contributed by atoms with Crippen LogP contribution in [0.4, 0.5) is 4.79 Å². The predicted octanol–water partition coefficient (Wildman–Crippen LogP) is 3.72. The third-order valence-electron chi connectivity index (χ3n) is 3.43. The summed E-state index contributed by atoms with van der Waals surface area (Å²) in [6.07, 6.45) is 0.276. The molecule has 0 fully saturated rings. The molecule has 1 unspecified atom stereocenters. The SMILES string of the molecule is Cc1cc(C)c(C(C=O)N(C)C(=O)OC(C)(C)C)cc1C. The summed E-state index contributed by atoms with van der Waals surface area (Å²) >= 11 is 0. The first kappa shape index (κ1) is 17.2. The van der Waals surface area contributed by atoms with Crippen LogP contribution in [-0.2, 0) is 9.53 Å². The van der Waals surface area contributed by atoms with Crippen molar-refractivity contribution in [2.24, 2.45) is 0 Å². The summed E-state index contributed by atoms with van der Waals surface area (Å²) in [7, 11) is 1.59. The molecule has 0 aromatic heterocycles. The zero-order valence-electron chi connectivity index (χ0n) is 14.0. The number of aldehydes is 1. The molecule has 0 aliphatic carbocycles. The lowest BCUT2D eigenvalue weighted by Gasteiger charge is -2.29. The second-order valence-electron chi connectivity index (χ2n) is 6.47. The summed E-state index contributed by atoms with van der Waals surface area (Å²) in [6, 6.07) is 3.36. The molecule has 0 radical (unpaired) electrons. The number of hydrogen-bond acceptors (Lipinski definition) is 3. The summed E-state index contributed by atoms with van der Waals surface area (Å²) in [4.78, 5) is 25.0. The Labute approximate surface area is 127 Å². The number of amides is 1. The second kappa shape index (κ2) is 6.29. The number of aryl methyl sites for hydroxylation is 3. The van der Waals surface area contributed by atoms with Crippen molar-refractivity contribution < 1.29 is 14.3 Å². The molecule has 0 N–H and O–H groups in total. The van der Waals surface area contributed by atoms with Gasteiger partial charge in [0.15, 0.2) is 0 Å². The largest absolute Gasteiger partial charge is 0.444 e. The molecule has 0 aliphatic heterocycles. The molecule has 0 bridgehead atoms. The molecule has 0 spiro atoms. The van der Waals surface area contributed by atoms with Crippen molar-refractivity contribution in [3.05, 3.63) is 34.4 Å². The number of nitrogens with zero attached hydrogens (tertiary/aromatic N) is 1. The first-order valence-electron chi connectivity index (χ1n) is 7.05. The molecule has 1 atom stereocenters. The topological polar surface area (TPSA) is 46.6 Å². The van der Waals surface area contributed by atoms with E-state index in [1.54, 1.807) is 27.8 Å². The molecule has 21 heavy (non-hydrogen) atoms. The van der Waals surface area contributed by atoms with Gasteiger partial charge in [-0.2, -0.15) is 0 Å². The summed E-state index contributed by atoms with van der Waals surface area (Å²) in [5, 5.41) is 0. The highest BCUT2D eigenvalue weighted by atomic mass is 16.6. The van der Waals surface area contributed by atoms with Gasteiger partial charge in [-0.15, -0.1) is 0 Å². The quantitative estimate of drug-likeness (QED) is 0.797. The average molecular weight is 291 g/mol. The van der Waals surface area contributed by atoms with Crippen molar-refractivity contribution in [1.29, 1.82) is 0 Å². The van der Waals surface area contributed by atoms with Crippen LogP contribution in [0.3, 0.4) is 0 Å². The number of benzene rings is 1. The molecule has 4 nitrogen and oxygen atoms in total. The standard InChI is InChI=1S/C17H25NO3/c1-11-8-13(3)14(9-12(11)2)15(10-19)18(7)16(20)21-17(4,5)6/h8-10,15H,1-7H3. The molecule has 4 heteroatoms. The van der Waals surface area contributed by atoms with Crippen LogP contribution in [-0.4, -0.2) is 29.9 Å². The number of carbonyl (C=O) groups is 2. The van der Waals surface area contributed by atoms with Gasteiger partial charge in [0.25, 0.3) is 0 Å². The molecule has 1 amide bonds. The summed E-state index contributed by atoms with van der Waals surface area (Å²) < 4.78 is 5.33. The van der Waals surface area contributed by atoms with Gasteiger partial charge in [-0.3, -0.25) is 4.90 Å². The number of hydrogen-bond donors (Lipinski definition) is 0. The van der Waals surface area contributed by atoms with Crippen LogP contribution in [0.15, 0.2) is 12.1 Å². The Morgan fingerprint density at radius 2 is 1.67 bits per heavy atom. The number of rotatable bonds is 3. The van der Waals surface area contributed by atoms with Gasteiger partial charge in [-0.05, 0) is 63.8 Å². The van der Waals surface area contributed by atoms with E-state index in [9.17, 15) is 9.59 Å². The van der Waals surface area contributed by atoms with Gasteiger partial charge in [0.05, 0.1) is 0 Å². The fourth-order valence-electron chi connectivity index (χ4n) is 2.12. The Kier molecular flexibility index (Phi) is 5.15. The minimum Gasteiger partial charge on any atom is -0.444 e. The van der Waals surface area contributed by atoms with E-state index in [4.69, 9.17) is 4.74 Å². The molecular formula is C17H25NO3. The summed E-state index contributed by atoms with van der Waals surface area (Å²) in [5.74, 6) is 0. The summed E-state index contributed by atoms with van der Waals surface area (Å²) in [6.45, 7) is 11.4. The fourth-order valence-corrected chi connectivity index (χ4v) is 2.12. The van der Waals surface area contributed by atoms with Gasteiger partial charge in [-0.1, -0.05) is 12.1 Å². The van der Waals surface area contributed by atoms with Crippen LogP contribution in [0.2, 0.25) is 0 Å². The maximum atomic E-state index is 12.1.